The second-order valence-corrected chi connectivity index (χ2v) is 0. The Bertz CT molecular complexity index is 24.0. The van der Waals surface area contributed by atoms with E-state index < -0.39 is 0 Å². The molecular weight excluding hydrogens is 334 g/mol. The number of aliphatic hydroxyl groups excluding tert-OH is 3. The van der Waals surface area contributed by atoms with Crippen LogP contribution in [-0.4, -0.2) is 36.6 Å². The Hall–Kier alpha value is 2.89. The minimum absolute atomic E-state index is 0. The molecule has 0 aromatic rings. The molecule has 0 unspecified atom stereocenters. The van der Waals surface area contributed by atoms with Gasteiger partial charge >= 0.3 is 0 Å². The number of halogens is 3. The molecule has 0 aliphatic heterocycles. The molecule has 0 saturated carbocycles. The van der Waals surface area contributed by atoms with Crippen LogP contribution >= 0.6 is 0 Å². The van der Waals surface area contributed by atoms with E-state index in [4.69, 9.17) is 15.3 Å². The maximum Gasteiger partial charge on any atom is 0.0319 e. The van der Waals surface area contributed by atoms with E-state index in [9.17, 15) is 0 Å². The van der Waals surface area contributed by atoms with Crippen LogP contribution in [-0.2, 0) is 65.2 Å². The SMILES string of the molecule is CO.CO.CO.[Cl-].[Cl-].[Cl-].[Ti].[Ti].[Ti]. The summed E-state index contributed by atoms with van der Waals surface area (Å²) in [7, 11) is 3.00. The van der Waals surface area contributed by atoms with Crippen LogP contribution in [0.25, 0.3) is 0 Å². The van der Waals surface area contributed by atoms with Gasteiger partial charge < -0.3 is 52.5 Å². The van der Waals surface area contributed by atoms with Crippen molar-refractivity contribution in [3.63, 3.8) is 0 Å². The Morgan fingerprint density at radius 3 is 0.417 bits per heavy atom. The molecule has 12 heavy (non-hydrogen) atoms. The van der Waals surface area contributed by atoms with Crippen molar-refractivity contribution in [3.05, 3.63) is 0 Å². The monoisotopic (exact) mass is 345 g/mol. The molecule has 0 spiro atoms. The van der Waals surface area contributed by atoms with E-state index in [2.05, 4.69) is 0 Å². The van der Waals surface area contributed by atoms with E-state index in [0.29, 0.717) is 0 Å². The summed E-state index contributed by atoms with van der Waals surface area (Å²) in [6.07, 6.45) is 0. The summed E-state index contributed by atoms with van der Waals surface area (Å²) in [6.45, 7) is 0. The predicted molar refractivity (Wildman–Crippen MR) is 24.4 cm³/mol. The molecule has 78 valence electrons. The first kappa shape index (κ1) is 82.8. The number of hydrogen-bond donors (Lipinski definition) is 3. The summed E-state index contributed by atoms with van der Waals surface area (Å²) >= 11 is 0. The van der Waals surface area contributed by atoms with Crippen LogP contribution in [0.5, 0.6) is 0 Å². The summed E-state index contributed by atoms with van der Waals surface area (Å²) in [5.74, 6) is 0. The largest absolute Gasteiger partial charge is 1.00 e. The second kappa shape index (κ2) is 276. The smallest absolute Gasteiger partial charge is 0.0319 e. The van der Waals surface area contributed by atoms with Crippen LogP contribution in [0.4, 0.5) is 0 Å². The third-order valence-corrected chi connectivity index (χ3v) is 0. The maximum absolute atomic E-state index is 7.00. The summed E-state index contributed by atoms with van der Waals surface area (Å²) in [6, 6.07) is 0. The molecule has 0 saturated heterocycles. The number of hydrogen-bond acceptors (Lipinski definition) is 3. The molecule has 9 heteroatoms. The van der Waals surface area contributed by atoms with Crippen molar-refractivity contribution in [1.82, 2.24) is 0 Å². The fourth-order valence-corrected chi connectivity index (χ4v) is 0. The minimum Gasteiger partial charge on any atom is -1.00 e. The normalized spacial score (nSPS) is 1.50. The zero-order chi connectivity index (χ0) is 6.00. The van der Waals surface area contributed by atoms with Gasteiger partial charge in [-0.1, -0.05) is 0 Å². The van der Waals surface area contributed by atoms with Crippen LogP contribution in [0, 0.1) is 0 Å². The van der Waals surface area contributed by atoms with Crippen LogP contribution in [0.15, 0.2) is 0 Å². The first-order chi connectivity index (χ1) is 3.00. The minimum atomic E-state index is 0. The fourth-order valence-electron chi connectivity index (χ4n) is 0. The molecule has 3 N–H and O–H groups in total. The van der Waals surface area contributed by atoms with Crippen LogP contribution in [0.2, 0.25) is 0 Å². The third kappa shape index (κ3) is 218. The average Bonchev–Trinajstić information content (AvgIpc) is 1.81. The average molecular weight is 346 g/mol. The molecule has 0 atom stereocenters. The van der Waals surface area contributed by atoms with Crippen LogP contribution in [0.3, 0.4) is 0 Å². The molecule has 0 fully saturated rings. The summed E-state index contributed by atoms with van der Waals surface area (Å²) < 4.78 is 0. The van der Waals surface area contributed by atoms with Crippen molar-refractivity contribution in [2.75, 3.05) is 21.3 Å². The van der Waals surface area contributed by atoms with Gasteiger partial charge in [-0.2, -0.15) is 0 Å². The van der Waals surface area contributed by atoms with Gasteiger partial charge in [0.25, 0.3) is 0 Å². The molecular formula is C3H12Cl3O3Ti3-3. The zero-order valence-electron chi connectivity index (χ0n) is 6.98. The van der Waals surface area contributed by atoms with Gasteiger partial charge in [-0.25, -0.2) is 0 Å². The number of rotatable bonds is 0. The molecule has 0 amide bonds. The summed E-state index contributed by atoms with van der Waals surface area (Å²) in [5, 5.41) is 21.0. The first-order valence-corrected chi connectivity index (χ1v) is 1.34. The zero-order valence-corrected chi connectivity index (χ0v) is 13.9. The van der Waals surface area contributed by atoms with Gasteiger partial charge in [-0.05, 0) is 0 Å². The Balaban J connectivity index is -0.00000000129. The molecule has 0 heterocycles. The molecule has 0 aromatic heterocycles. The van der Waals surface area contributed by atoms with E-state index in [-0.39, 0.29) is 102 Å². The molecule has 3 nitrogen and oxygen atoms in total. The fraction of sp³-hybridized carbons (Fsp3) is 1.00. The van der Waals surface area contributed by atoms with Crippen molar-refractivity contribution in [3.8, 4) is 0 Å². The molecule has 0 aliphatic rings. The van der Waals surface area contributed by atoms with E-state index in [0.717, 1.165) is 21.3 Å². The molecule has 0 aromatic carbocycles. The van der Waals surface area contributed by atoms with Crippen molar-refractivity contribution >= 4 is 0 Å². The van der Waals surface area contributed by atoms with Gasteiger partial charge in [0.2, 0.25) is 0 Å². The van der Waals surface area contributed by atoms with Gasteiger partial charge in [0.15, 0.2) is 0 Å². The van der Waals surface area contributed by atoms with Gasteiger partial charge in [0.05, 0.1) is 0 Å². The maximum atomic E-state index is 7.00. The second-order valence-electron chi connectivity index (χ2n) is 0. The van der Waals surface area contributed by atoms with Gasteiger partial charge in [-0.3, -0.25) is 0 Å². The van der Waals surface area contributed by atoms with Crippen LogP contribution in [0.1, 0.15) is 0 Å². The predicted octanol–water partition coefficient (Wildman–Crippen LogP) is -10.2. The first-order valence-electron chi connectivity index (χ1n) is 1.34. The van der Waals surface area contributed by atoms with Crippen molar-refractivity contribution in [2.24, 2.45) is 0 Å². The Morgan fingerprint density at radius 2 is 0.417 bits per heavy atom. The standard InChI is InChI=1S/3CH4O.3ClH.3Ti/c3*1-2;;;;;;/h3*2H,1H3;3*1H;;;/p-3. The van der Waals surface area contributed by atoms with Gasteiger partial charge in [-0.15, -0.1) is 0 Å². The van der Waals surface area contributed by atoms with E-state index >= 15 is 0 Å². The van der Waals surface area contributed by atoms with Crippen LogP contribution < -0.4 is 37.2 Å². The van der Waals surface area contributed by atoms with E-state index in [1.807, 2.05) is 0 Å². The Kier molecular flexibility index (Phi) is 1900. The van der Waals surface area contributed by atoms with E-state index in [1.165, 1.54) is 0 Å². The molecule has 0 bridgehead atoms. The number of aliphatic hydroxyl groups is 3. The summed E-state index contributed by atoms with van der Waals surface area (Å²) in [4.78, 5) is 0. The van der Waals surface area contributed by atoms with E-state index in [1.54, 1.807) is 0 Å². The van der Waals surface area contributed by atoms with Crippen molar-refractivity contribution in [1.29, 1.82) is 0 Å². The van der Waals surface area contributed by atoms with Gasteiger partial charge in [0, 0.05) is 86.5 Å². The Morgan fingerprint density at radius 1 is 0.417 bits per heavy atom. The molecule has 0 radical (unpaired) electrons. The topological polar surface area (TPSA) is 60.7 Å². The van der Waals surface area contributed by atoms with Crippen molar-refractivity contribution < 1.29 is 118 Å². The Labute approximate surface area is 137 Å². The molecule has 0 rings (SSSR count). The quantitative estimate of drug-likeness (QED) is 0.382. The molecule has 0 aliphatic carbocycles. The summed E-state index contributed by atoms with van der Waals surface area (Å²) in [5.41, 5.74) is 0. The van der Waals surface area contributed by atoms with Crippen molar-refractivity contribution in [2.45, 2.75) is 0 Å². The third-order valence-electron chi connectivity index (χ3n) is 0. The van der Waals surface area contributed by atoms with Gasteiger partial charge in [0.1, 0.15) is 0 Å².